The van der Waals surface area contributed by atoms with Crippen LogP contribution >= 0.6 is 11.6 Å². The number of H-pyrrole nitrogens is 1. The monoisotopic (exact) mass is 531 g/mol. The highest BCUT2D eigenvalue weighted by molar-refractivity contribution is 6.34. The van der Waals surface area contributed by atoms with Gasteiger partial charge >= 0.3 is 0 Å². The van der Waals surface area contributed by atoms with Gasteiger partial charge in [-0.1, -0.05) is 11.6 Å². The van der Waals surface area contributed by atoms with Crippen LogP contribution in [0, 0.1) is 11.6 Å². The number of fused-ring (bicyclic) bond motifs is 1. The van der Waals surface area contributed by atoms with Crippen LogP contribution in [0.1, 0.15) is 20.7 Å². The van der Waals surface area contributed by atoms with E-state index in [9.17, 15) is 9.59 Å². The molecule has 0 bridgehead atoms. The number of aromatic nitrogens is 2. The summed E-state index contributed by atoms with van der Waals surface area (Å²) < 4.78 is 5.13. The van der Waals surface area contributed by atoms with Crippen molar-refractivity contribution in [1.82, 2.24) is 9.97 Å². The van der Waals surface area contributed by atoms with Gasteiger partial charge in [0.2, 0.25) is 5.02 Å². The van der Waals surface area contributed by atoms with E-state index < -0.39 is 0 Å². The molecule has 0 saturated heterocycles. The van der Waals surface area contributed by atoms with Crippen LogP contribution < -0.4 is 15.4 Å². The number of benzene rings is 4. The fourth-order valence-corrected chi connectivity index (χ4v) is 4.28. The van der Waals surface area contributed by atoms with E-state index in [1.54, 1.807) is 67.8 Å². The molecule has 0 atom stereocenters. The number of anilines is 2. The summed E-state index contributed by atoms with van der Waals surface area (Å²) in [5, 5.41) is 6.62. The second-order valence-corrected chi connectivity index (χ2v) is 9.05. The molecular weight excluding hydrogens is 511 g/mol. The van der Waals surface area contributed by atoms with Gasteiger partial charge in [0.25, 0.3) is 11.8 Å². The van der Waals surface area contributed by atoms with Crippen LogP contribution in [-0.4, -0.2) is 28.9 Å². The molecule has 2 amide bonds. The molecule has 0 spiro atoms. The third-order valence-corrected chi connectivity index (χ3v) is 6.26. The maximum absolute atomic E-state index is 12.6. The Balaban J connectivity index is 1.29. The van der Waals surface area contributed by atoms with Gasteiger partial charge in [0.15, 0.2) is 11.6 Å². The highest BCUT2D eigenvalue weighted by atomic mass is 35.5. The van der Waals surface area contributed by atoms with Crippen molar-refractivity contribution in [2.45, 2.75) is 0 Å². The van der Waals surface area contributed by atoms with E-state index in [4.69, 9.17) is 27.9 Å². The minimum absolute atomic E-state index is 0.222. The van der Waals surface area contributed by atoms with Gasteiger partial charge in [0, 0.05) is 34.6 Å². The fraction of sp³-hybridized carbons (Fsp3) is 0.0357. The van der Waals surface area contributed by atoms with E-state index in [1.807, 2.05) is 24.3 Å². The molecule has 0 aliphatic heterocycles. The van der Waals surface area contributed by atoms with Crippen LogP contribution in [0.25, 0.3) is 22.4 Å². The summed E-state index contributed by atoms with van der Waals surface area (Å²) in [6.07, 6.45) is 0. The number of hydrogen-bond acceptors (Lipinski definition) is 4. The van der Waals surface area contributed by atoms with Crippen molar-refractivity contribution < 1.29 is 25.9 Å². The molecule has 37 heavy (non-hydrogen) atoms. The van der Waals surface area contributed by atoms with Crippen LogP contribution in [0.15, 0.2) is 84.9 Å². The summed E-state index contributed by atoms with van der Waals surface area (Å²) in [6.45, 7) is 0. The molecular formula is C28H21Cl2N4O3+. The van der Waals surface area contributed by atoms with Crippen molar-refractivity contribution in [2.75, 3.05) is 17.7 Å². The predicted octanol–water partition coefficient (Wildman–Crippen LogP) is 6.09. The fourth-order valence-electron chi connectivity index (χ4n) is 3.76. The Bertz CT molecular complexity index is 1610. The number of hydrogen-bond donors (Lipinski definition) is 3. The molecule has 3 N–H and O–H groups in total. The number of methoxy groups -OCH3 is 1. The maximum atomic E-state index is 12.6. The molecule has 0 aliphatic rings. The third kappa shape index (κ3) is 5.43. The number of carbonyl (C=O) groups excluding carboxylic acids is 2. The Morgan fingerprint density at radius 3 is 2.27 bits per heavy atom. The van der Waals surface area contributed by atoms with Crippen molar-refractivity contribution in [3.63, 3.8) is 0 Å². The number of rotatable bonds is 6. The lowest BCUT2D eigenvalue weighted by Crippen LogP contribution is -2.12. The normalized spacial score (nSPS) is 10.8. The van der Waals surface area contributed by atoms with Crippen molar-refractivity contribution in [3.8, 4) is 17.1 Å². The molecule has 9 heteroatoms. The molecule has 4 aromatic carbocycles. The standard InChI is InChI=1S/C28H20Cl2N4O3/c1-37-21-10-4-17(5-11-21)27(35)32-20-9-13-24-25(15-20)34-26(33-24)16-2-7-19(8-3-16)31-28(36)22-12-6-18(29)14-23(22)30/h2-15,29H,1H3,(H2-,31,32,33,34,35,36)/p+1. The average molecular weight is 532 g/mol. The Kier molecular flexibility index (Phi) is 6.81. The van der Waals surface area contributed by atoms with E-state index in [-0.39, 0.29) is 11.8 Å². The highest BCUT2D eigenvalue weighted by Crippen LogP contribution is 2.25. The number of nitrogens with one attached hydrogen (secondary N) is 3. The van der Waals surface area contributed by atoms with Crippen LogP contribution in [0.4, 0.5) is 11.4 Å². The Morgan fingerprint density at radius 2 is 1.57 bits per heavy atom. The summed E-state index contributed by atoms with van der Waals surface area (Å²) in [6, 6.07) is 24.5. The Morgan fingerprint density at radius 1 is 0.865 bits per heavy atom. The number of amides is 2. The largest absolute Gasteiger partial charge is 0.497 e. The van der Waals surface area contributed by atoms with Gasteiger partial charge in [0.1, 0.15) is 11.6 Å². The molecule has 0 fully saturated rings. The number of nitrogens with zero attached hydrogens (tertiary/aromatic N) is 1. The number of imidazole rings is 1. The zero-order valence-electron chi connectivity index (χ0n) is 19.5. The summed E-state index contributed by atoms with van der Waals surface area (Å²) in [7, 11) is 1.58. The highest BCUT2D eigenvalue weighted by Gasteiger charge is 2.14. The second-order valence-electron chi connectivity index (χ2n) is 8.17. The van der Waals surface area contributed by atoms with Gasteiger partial charge in [-0.25, -0.2) is 4.98 Å². The quantitative estimate of drug-likeness (QED) is 0.247. The molecule has 0 radical (unpaired) electrons. The lowest BCUT2D eigenvalue weighted by atomic mass is 10.1. The van der Waals surface area contributed by atoms with E-state index in [0.29, 0.717) is 44.1 Å². The van der Waals surface area contributed by atoms with Gasteiger partial charge in [-0.05, 0) is 72.8 Å². The van der Waals surface area contributed by atoms with E-state index in [0.717, 1.165) is 16.6 Å². The first-order chi connectivity index (χ1) is 17.9. The van der Waals surface area contributed by atoms with Gasteiger partial charge in [-0.2, -0.15) is 0 Å². The van der Waals surface area contributed by atoms with E-state index in [2.05, 4.69) is 20.6 Å². The van der Waals surface area contributed by atoms with E-state index in [1.165, 1.54) is 0 Å². The summed E-state index contributed by atoms with van der Waals surface area (Å²) in [5.74, 6) is 0.808. The molecule has 184 valence electrons. The third-order valence-electron chi connectivity index (χ3n) is 5.69. The first kappa shape index (κ1) is 24.4. The lowest BCUT2D eigenvalue weighted by molar-refractivity contribution is -0.288. The van der Waals surface area contributed by atoms with Crippen molar-refractivity contribution >= 4 is 45.8 Å². The first-order valence-corrected chi connectivity index (χ1v) is 12.0. The number of ether oxygens (including phenoxy) is 1. The molecule has 1 aromatic heterocycles. The molecule has 1 heterocycles. The van der Waals surface area contributed by atoms with Gasteiger partial charge < -0.3 is 20.4 Å². The SMILES string of the molecule is COc1ccc(C(=O)Nc2ccc3nc(-c4ccc(NC(=O)c5ccc([ClH+])cc5Cl)cc4)[nH]c3c2)cc1. The number of halogens is 2. The smallest absolute Gasteiger partial charge is 0.257 e. The molecule has 7 nitrogen and oxygen atoms in total. The molecule has 5 rings (SSSR count). The summed E-state index contributed by atoms with van der Waals surface area (Å²) in [5.41, 5.74) is 4.52. The van der Waals surface area contributed by atoms with Crippen LogP contribution in [0.5, 0.6) is 5.75 Å². The number of aromatic amines is 1. The minimum Gasteiger partial charge on any atom is -0.497 e. The zero-order chi connectivity index (χ0) is 25.9. The average Bonchev–Trinajstić information content (AvgIpc) is 3.32. The van der Waals surface area contributed by atoms with Crippen LogP contribution in [0.2, 0.25) is 10.0 Å². The van der Waals surface area contributed by atoms with Crippen molar-refractivity contribution in [2.24, 2.45) is 0 Å². The lowest BCUT2D eigenvalue weighted by Gasteiger charge is -2.07. The van der Waals surface area contributed by atoms with Gasteiger partial charge in [0.05, 0.1) is 28.7 Å². The van der Waals surface area contributed by atoms with Crippen LogP contribution in [0.3, 0.4) is 0 Å². The summed E-state index contributed by atoms with van der Waals surface area (Å²) >= 11 is 11.2. The maximum Gasteiger partial charge on any atom is 0.257 e. The topological polar surface area (TPSA) is 96.1 Å². The van der Waals surface area contributed by atoms with Crippen molar-refractivity contribution in [1.29, 1.82) is 0 Å². The number of carbonyl (C=O) groups is 2. The second kappa shape index (κ2) is 10.3. The Labute approximate surface area is 222 Å². The molecule has 0 aliphatic carbocycles. The summed E-state index contributed by atoms with van der Waals surface area (Å²) in [4.78, 5) is 33.1. The first-order valence-electron chi connectivity index (χ1n) is 11.2. The van der Waals surface area contributed by atoms with Gasteiger partial charge in [-0.15, -0.1) is 0 Å². The van der Waals surface area contributed by atoms with Gasteiger partial charge in [-0.3, -0.25) is 9.59 Å². The van der Waals surface area contributed by atoms with Crippen molar-refractivity contribution in [3.05, 3.63) is 106 Å². The minimum atomic E-state index is -0.319. The zero-order valence-corrected chi connectivity index (χ0v) is 21.1. The molecule has 0 unspecified atom stereocenters. The molecule has 0 saturated carbocycles. The Hall–Kier alpha value is -4.33. The van der Waals surface area contributed by atoms with E-state index >= 15 is 0 Å². The van der Waals surface area contributed by atoms with Crippen LogP contribution in [-0.2, 0) is 0 Å². The predicted molar refractivity (Wildman–Crippen MR) is 142 cm³/mol. The molecule has 5 aromatic rings.